The molecule has 4 fully saturated rings. The van der Waals surface area contributed by atoms with E-state index in [1.807, 2.05) is 0 Å². The summed E-state index contributed by atoms with van der Waals surface area (Å²) in [5.41, 5.74) is 0.843. The summed E-state index contributed by atoms with van der Waals surface area (Å²) >= 11 is 0. The second-order valence-electron chi connectivity index (χ2n) is 9.65. The Morgan fingerprint density at radius 2 is 1.67 bits per heavy atom. The largest absolute Gasteiger partial charge is 0.342 e. The van der Waals surface area contributed by atoms with Gasteiger partial charge in [0.2, 0.25) is 5.91 Å². The molecule has 21 heavy (non-hydrogen) atoms. The molecule has 0 aliphatic heterocycles. The van der Waals surface area contributed by atoms with Gasteiger partial charge in [-0.1, -0.05) is 27.7 Å². The van der Waals surface area contributed by atoms with E-state index >= 15 is 0 Å². The predicted octanol–water partition coefficient (Wildman–Crippen LogP) is 4.49. The van der Waals surface area contributed by atoms with Gasteiger partial charge in [-0.2, -0.15) is 0 Å². The topological polar surface area (TPSA) is 20.3 Å². The Bertz CT molecular complexity index is 423. The molecule has 2 unspecified atom stereocenters. The van der Waals surface area contributed by atoms with Gasteiger partial charge in [-0.25, -0.2) is 0 Å². The molecule has 4 saturated carbocycles. The minimum atomic E-state index is -0.0200. The Morgan fingerprint density at radius 1 is 1.10 bits per heavy atom. The highest BCUT2D eigenvalue weighted by Crippen LogP contribution is 2.69. The van der Waals surface area contributed by atoms with Crippen LogP contribution in [0.25, 0.3) is 0 Å². The first-order valence-corrected chi connectivity index (χ1v) is 8.99. The van der Waals surface area contributed by atoms with Crippen LogP contribution < -0.4 is 0 Å². The van der Waals surface area contributed by atoms with Crippen LogP contribution in [-0.2, 0) is 4.79 Å². The Hall–Kier alpha value is -0.530. The second-order valence-corrected chi connectivity index (χ2v) is 9.65. The zero-order chi connectivity index (χ0) is 15.5. The van der Waals surface area contributed by atoms with Gasteiger partial charge in [-0.15, -0.1) is 0 Å². The first kappa shape index (κ1) is 15.4. The molecule has 4 aliphatic carbocycles. The van der Waals surface area contributed by atoms with Crippen molar-refractivity contribution in [3.63, 3.8) is 0 Å². The van der Waals surface area contributed by atoms with Gasteiger partial charge in [0.25, 0.3) is 0 Å². The highest BCUT2D eigenvalue weighted by atomic mass is 16.2. The van der Waals surface area contributed by atoms with E-state index in [0.29, 0.717) is 22.7 Å². The van der Waals surface area contributed by atoms with Crippen LogP contribution in [0.1, 0.15) is 73.1 Å². The number of nitrogens with zero attached hydrogens (tertiary/aromatic N) is 1. The molecule has 0 aromatic rings. The van der Waals surface area contributed by atoms with Crippen LogP contribution in [-0.4, -0.2) is 23.9 Å². The van der Waals surface area contributed by atoms with Crippen LogP contribution in [0.3, 0.4) is 0 Å². The minimum absolute atomic E-state index is 0.0200. The number of carbonyl (C=O) groups is 1. The van der Waals surface area contributed by atoms with Crippen molar-refractivity contribution < 1.29 is 4.79 Å². The smallest absolute Gasteiger partial charge is 0.228 e. The third kappa shape index (κ3) is 2.53. The fraction of sp³-hybridized carbons (Fsp3) is 0.947. The third-order valence-corrected chi connectivity index (χ3v) is 6.33. The van der Waals surface area contributed by atoms with Gasteiger partial charge in [0.1, 0.15) is 0 Å². The van der Waals surface area contributed by atoms with Crippen molar-refractivity contribution in [1.82, 2.24) is 4.90 Å². The molecular weight excluding hydrogens is 258 g/mol. The Kier molecular flexibility index (Phi) is 3.46. The molecule has 4 bridgehead atoms. The number of hydrogen-bond donors (Lipinski definition) is 0. The average molecular weight is 291 g/mol. The van der Waals surface area contributed by atoms with Crippen LogP contribution in [0.2, 0.25) is 0 Å². The van der Waals surface area contributed by atoms with Crippen molar-refractivity contribution in [1.29, 1.82) is 0 Å². The van der Waals surface area contributed by atoms with E-state index in [9.17, 15) is 4.79 Å². The van der Waals surface area contributed by atoms with Gasteiger partial charge in [0, 0.05) is 13.1 Å². The summed E-state index contributed by atoms with van der Waals surface area (Å²) in [5.74, 6) is 1.85. The second kappa shape index (κ2) is 4.73. The molecule has 0 heterocycles. The zero-order valence-electron chi connectivity index (χ0n) is 14.7. The van der Waals surface area contributed by atoms with Gasteiger partial charge in [-0.3, -0.25) is 4.79 Å². The van der Waals surface area contributed by atoms with Gasteiger partial charge < -0.3 is 4.90 Å². The minimum Gasteiger partial charge on any atom is -0.342 e. The van der Waals surface area contributed by atoms with Crippen LogP contribution in [0.5, 0.6) is 0 Å². The lowest BCUT2D eigenvalue weighted by Gasteiger charge is -2.65. The molecule has 0 N–H and O–H groups in total. The first-order valence-electron chi connectivity index (χ1n) is 8.99. The highest BCUT2D eigenvalue weighted by Gasteiger charge is 2.63. The summed E-state index contributed by atoms with van der Waals surface area (Å²) in [5, 5.41) is 0. The predicted molar refractivity (Wildman–Crippen MR) is 86.9 cm³/mol. The van der Waals surface area contributed by atoms with Gasteiger partial charge >= 0.3 is 0 Å². The maximum Gasteiger partial charge on any atom is 0.228 e. The van der Waals surface area contributed by atoms with E-state index in [0.717, 1.165) is 31.8 Å². The van der Waals surface area contributed by atoms with Crippen LogP contribution in [0.15, 0.2) is 0 Å². The summed E-state index contributed by atoms with van der Waals surface area (Å²) in [6.45, 7) is 13.3. The number of amides is 1. The summed E-state index contributed by atoms with van der Waals surface area (Å²) in [7, 11) is 0. The molecule has 0 saturated heterocycles. The van der Waals surface area contributed by atoms with E-state index in [2.05, 4.69) is 39.5 Å². The molecule has 4 aliphatic rings. The molecule has 0 radical (unpaired) electrons. The zero-order valence-corrected chi connectivity index (χ0v) is 14.7. The molecule has 4 rings (SSSR count). The molecule has 120 valence electrons. The van der Waals surface area contributed by atoms with Gasteiger partial charge in [0.05, 0.1) is 5.41 Å². The molecule has 0 spiro atoms. The lowest BCUT2D eigenvalue weighted by atomic mass is 9.40. The fourth-order valence-electron chi connectivity index (χ4n) is 6.82. The van der Waals surface area contributed by atoms with E-state index < -0.39 is 0 Å². The molecular formula is C19H33NO. The van der Waals surface area contributed by atoms with Crippen molar-refractivity contribution in [2.45, 2.75) is 73.1 Å². The van der Waals surface area contributed by atoms with Crippen molar-refractivity contribution in [3.8, 4) is 0 Å². The Balaban J connectivity index is 1.88. The van der Waals surface area contributed by atoms with Crippen LogP contribution in [0.4, 0.5) is 0 Å². The SMILES string of the molecule is CCN(CC(C)C)C(=O)C12CC3CC(C)(CC(C)(C3)C1)C2. The van der Waals surface area contributed by atoms with Crippen LogP contribution in [0, 0.1) is 28.1 Å². The van der Waals surface area contributed by atoms with E-state index in [1.165, 1.54) is 25.7 Å². The standard InChI is InChI=1S/C19H33NO/c1-6-20(10-14(2)3)16(21)19-9-15-7-17(4,12-19)11-18(5,8-15)13-19/h14-15H,6-13H2,1-5H3. The monoisotopic (exact) mass is 291 g/mol. The maximum absolute atomic E-state index is 13.4. The van der Waals surface area contributed by atoms with Crippen molar-refractivity contribution in [2.24, 2.45) is 28.1 Å². The molecule has 1 amide bonds. The first-order chi connectivity index (χ1) is 9.69. The van der Waals surface area contributed by atoms with Crippen LogP contribution >= 0.6 is 0 Å². The van der Waals surface area contributed by atoms with E-state index in [-0.39, 0.29) is 5.41 Å². The summed E-state index contributed by atoms with van der Waals surface area (Å²) in [4.78, 5) is 15.5. The highest BCUT2D eigenvalue weighted by molar-refractivity contribution is 5.83. The fourth-order valence-corrected chi connectivity index (χ4v) is 6.82. The molecule has 2 nitrogen and oxygen atoms in total. The van der Waals surface area contributed by atoms with Gasteiger partial charge in [0.15, 0.2) is 0 Å². The Labute approximate surface area is 130 Å². The van der Waals surface area contributed by atoms with Crippen molar-refractivity contribution in [2.75, 3.05) is 13.1 Å². The lowest BCUT2D eigenvalue weighted by Crippen LogP contribution is -2.60. The maximum atomic E-state index is 13.4. The van der Waals surface area contributed by atoms with E-state index in [4.69, 9.17) is 0 Å². The average Bonchev–Trinajstić information content (AvgIpc) is 2.30. The Morgan fingerprint density at radius 3 is 2.10 bits per heavy atom. The quantitative estimate of drug-likeness (QED) is 0.747. The van der Waals surface area contributed by atoms with Crippen molar-refractivity contribution in [3.05, 3.63) is 0 Å². The summed E-state index contributed by atoms with van der Waals surface area (Å²) < 4.78 is 0. The number of rotatable bonds is 4. The van der Waals surface area contributed by atoms with Gasteiger partial charge in [-0.05, 0) is 68.1 Å². The molecule has 2 atom stereocenters. The number of carbonyl (C=O) groups excluding carboxylic acids is 1. The third-order valence-electron chi connectivity index (χ3n) is 6.33. The molecule has 2 heteroatoms. The lowest BCUT2D eigenvalue weighted by molar-refractivity contribution is -0.179. The summed E-state index contributed by atoms with van der Waals surface area (Å²) in [6.07, 6.45) is 7.56. The molecule has 0 aromatic heterocycles. The molecule has 0 aromatic carbocycles. The number of hydrogen-bond acceptors (Lipinski definition) is 1. The normalized spacial score (nSPS) is 44.4. The van der Waals surface area contributed by atoms with Crippen molar-refractivity contribution >= 4 is 5.91 Å². The van der Waals surface area contributed by atoms with E-state index in [1.54, 1.807) is 0 Å². The summed E-state index contributed by atoms with van der Waals surface area (Å²) in [6, 6.07) is 0.